The predicted octanol–water partition coefficient (Wildman–Crippen LogP) is 1.86. The molecule has 1 N–H and O–H groups in total. The number of pyridine rings is 1. The van der Waals surface area contributed by atoms with E-state index in [1.54, 1.807) is 18.3 Å². The van der Waals surface area contributed by atoms with Gasteiger partial charge in [-0.3, -0.25) is 9.78 Å². The quantitative estimate of drug-likeness (QED) is 0.812. The van der Waals surface area contributed by atoms with Crippen molar-refractivity contribution in [1.82, 2.24) is 14.6 Å². The number of rotatable bonds is 7. The van der Waals surface area contributed by atoms with E-state index < -0.39 is 15.8 Å². The first-order chi connectivity index (χ1) is 11.8. The fraction of sp³-hybridized carbons (Fsp3) is 0.294. The van der Waals surface area contributed by atoms with Crippen molar-refractivity contribution in [3.63, 3.8) is 0 Å². The van der Waals surface area contributed by atoms with Gasteiger partial charge in [0.05, 0.1) is 17.1 Å². The number of carbonyl (C=O) groups excluding carboxylic acids is 1. The zero-order valence-electron chi connectivity index (χ0n) is 14.1. The second-order valence-corrected chi connectivity index (χ2v) is 7.30. The third-order valence-electron chi connectivity index (χ3n) is 3.62. The normalized spacial score (nSPS) is 11.3. The van der Waals surface area contributed by atoms with Crippen LogP contribution in [0.3, 0.4) is 0 Å². The lowest BCUT2D eigenvalue weighted by Gasteiger charge is -2.21. The number of nitrogens with zero attached hydrogens (tertiary/aromatic N) is 2. The second-order valence-electron chi connectivity index (χ2n) is 5.57. The molecule has 6 nitrogen and oxygen atoms in total. The standard InChI is InChI=1S/C17H20FN3O3S/c1-13-11-15(18)6-7-17(13)25(23,24)20-9-10-21(14(2)22)12-16-5-3-4-8-19-16/h3-8,11,20H,9-10,12H2,1-2H3. The predicted molar refractivity (Wildman–Crippen MR) is 91.7 cm³/mol. The number of hydrogen-bond acceptors (Lipinski definition) is 4. The average Bonchev–Trinajstić information content (AvgIpc) is 2.54. The highest BCUT2D eigenvalue weighted by Gasteiger charge is 2.18. The molecular weight excluding hydrogens is 345 g/mol. The summed E-state index contributed by atoms with van der Waals surface area (Å²) in [5.41, 5.74) is 1.04. The van der Waals surface area contributed by atoms with Gasteiger partial charge in [0.2, 0.25) is 15.9 Å². The minimum Gasteiger partial charge on any atom is -0.336 e. The van der Waals surface area contributed by atoms with E-state index >= 15 is 0 Å². The van der Waals surface area contributed by atoms with Crippen LogP contribution in [-0.2, 0) is 21.4 Å². The van der Waals surface area contributed by atoms with Crippen molar-refractivity contribution in [3.8, 4) is 0 Å². The number of benzene rings is 1. The summed E-state index contributed by atoms with van der Waals surface area (Å²) >= 11 is 0. The maximum absolute atomic E-state index is 13.1. The van der Waals surface area contributed by atoms with Crippen molar-refractivity contribution in [1.29, 1.82) is 0 Å². The summed E-state index contributed by atoms with van der Waals surface area (Å²) in [5.74, 6) is -0.669. The first kappa shape index (κ1) is 19.0. The van der Waals surface area contributed by atoms with Crippen molar-refractivity contribution in [2.45, 2.75) is 25.3 Å². The van der Waals surface area contributed by atoms with Crippen LogP contribution in [0.25, 0.3) is 0 Å². The van der Waals surface area contributed by atoms with Crippen LogP contribution in [0.5, 0.6) is 0 Å². The SMILES string of the molecule is CC(=O)N(CCNS(=O)(=O)c1ccc(F)cc1C)Cc1ccccn1. The van der Waals surface area contributed by atoms with Crippen LogP contribution < -0.4 is 4.72 Å². The minimum atomic E-state index is -3.77. The molecule has 0 aliphatic rings. The van der Waals surface area contributed by atoms with E-state index in [1.165, 1.54) is 24.8 Å². The molecule has 0 saturated heterocycles. The van der Waals surface area contributed by atoms with Crippen molar-refractivity contribution in [3.05, 3.63) is 59.7 Å². The van der Waals surface area contributed by atoms with Gasteiger partial charge in [-0.2, -0.15) is 0 Å². The Labute approximate surface area is 146 Å². The lowest BCUT2D eigenvalue weighted by molar-refractivity contribution is -0.129. The molecule has 2 rings (SSSR count). The van der Waals surface area contributed by atoms with Gasteiger partial charge in [-0.1, -0.05) is 6.07 Å². The summed E-state index contributed by atoms with van der Waals surface area (Å²) in [4.78, 5) is 17.4. The fourth-order valence-corrected chi connectivity index (χ4v) is 3.59. The van der Waals surface area contributed by atoms with E-state index in [-0.39, 0.29) is 23.9 Å². The molecule has 0 aliphatic carbocycles. The minimum absolute atomic E-state index is 0.0213. The number of aromatic nitrogens is 1. The van der Waals surface area contributed by atoms with E-state index in [0.717, 1.165) is 17.8 Å². The smallest absolute Gasteiger partial charge is 0.240 e. The average molecular weight is 365 g/mol. The van der Waals surface area contributed by atoms with Gasteiger partial charge >= 0.3 is 0 Å². The Balaban J connectivity index is 2.00. The maximum atomic E-state index is 13.1. The molecule has 8 heteroatoms. The van der Waals surface area contributed by atoms with Crippen LogP contribution in [-0.4, -0.2) is 37.3 Å². The Bertz CT molecular complexity index is 841. The Kier molecular flexibility index (Phi) is 6.22. The number of nitrogens with one attached hydrogen (secondary N) is 1. The van der Waals surface area contributed by atoms with E-state index in [9.17, 15) is 17.6 Å². The van der Waals surface area contributed by atoms with E-state index in [2.05, 4.69) is 9.71 Å². The van der Waals surface area contributed by atoms with E-state index in [4.69, 9.17) is 0 Å². The van der Waals surface area contributed by atoms with Crippen molar-refractivity contribution < 1.29 is 17.6 Å². The number of sulfonamides is 1. The largest absolute Gasteiger partial charge is 0.336 e. The lowest BCUT2D eigenvalue weighted by Crippen LogP contribution is -2.37. The number of halogens is 1. The summed E-state index contributed by atoms with van der Waals surface area (Å²) in [7, 11) is -3.77. The maximum Gasteiger partial charge on any atom is 0.240 e. The highest BCUT2D eigenvalue weighted by Crippen LogP contribution is 2.15. The van der Waals surface area contributed by atoms with Crippen molar-refractivity contribution in [2.75, 3.05) is 13.1 Å². The zero-order chi connectivity index (χ0) is 18.4. The van der Waals surface area contributed by atoms with Gasteiger partial charge < -0.3 is 4.90 Å². The molecule has 0 unspecified atom stereocenters. The molecule has 1 aromatic heterocycles. The molecule has 1 heterocycles. The van der Waals surface area contributed by atoms with Crippen molar-refractivity contribution >= 4 is 15.9 Å². The number of amides is 1. The monoisotopic (exact) mass is 365 g/mol. The molecule has 0 aliphatic heterocycles. The molecule has 2 aromatic rings. The first-order valence-corrected chi connectivity index (χ1v) is 9.19. The Hall–Kier alpha value is -2.32. The highest BCUT2D eigenvalue weighted by molar-refractivity contribution is 7.89. The van der Waals surface area contributed by atoms with Crippen molar-refractivity contribution in [2.24, 2.45) is 0 Å². The second kappa shape index (κ2) is 8.17. The molecule has 0 bridgehead atoms. The molecule has 1 amide bonds. The van der Waals surface area contributed by atoms with Gasteiger partial charge in [0, 0.05) is 26.2 Å². The first-order valence-electron chi connectivity index (χ1n) is 7.71. The molecule has 0 atom stereocenters. The number of carbonyl (C=O) groups is 1. The summed E-state index contributed by atoms with van der Waals surface area (Å²) in [5, 5.41) is 0. The molecule has 1 aromatic carbocycles. The Morgan fingerprint density at radius 2 is 2.04 bits per heavy atom. The van der Waals surface area contributed by atoms with Crippen LogP contribution in [0.2, 0.25) is 0 Å². The zero-order valence-corrected chi connectivity index (χ0v) is 14.9. The Morgan fingerprint density at radius 3 is 2.64 bits per heavy atom. The van der Waals surface area contributed by atoms with Crippen LogP contribution in [0.4, 0.5) is 4.39 Å². The summed E-state index contributed by atoms with van der Waals surface area (Å²) < 4.78 is 40.2. The summed E-state index contributed by atoms with van der Waals surface area (Å²) in [6.45, 7) is 3.49. The molecule has 0 radical (unpaired) electrons. The van der Waals surface area contributed by atoms with Gasteiger partial charge in [-0.05, 0) is 42.8 Å². The van der Waals surface area contributed by atoms with Crippen LogP contribution in [0, 0.1) is 12.7 Å². The Morgan fingerprint density at radius 1 is 1.28 bits per heavy atom. The van der Waals surface area contributed by atoms with Gasteiger partial charge in [-0.25, -0.2) is 17.5 Å². The molecule has 25 heavy (non-hydrogen) atoms. The van der Waals surface area contributed by atoms with E-state index in [0.29, 0.717) is 12.1 Å². The van der Waals surface area contributed by atoms with Gasteiger partial charge in [-0.15, -0.1) is 0 Å². The van der Waals surface area contributed by atoms with Gasteiger partial charge in [0.1, 0.15) is 5.82 Å². The fourth-order valence-electron chi connectivity index (χ4n) is 2.34. The van der Waals surface area contributed by atoms with Crippen LogP contribution in [0.15, 0.2) is 47.5 Å². The van der Waals surface area contributed by atoms with Crippen LogP contribution in [0.1, 0.15) is 18.2 Å². The molecule has 134 valence electrons. The highest BCUT2D eigenvalue weighted by atomic mass is 32.2. The number of hydrogen-bond donors (Lipinski definition) is 1. The molecule has 0 saturated carbocycles. The molecule has 0 fully saturated rings. The summed E-state index contributed by atoms with van der Waals surface area (Å²) in [6.07, 6.45) is 1.63. The third kappa shape index (κ3) is 5.33. The number of aryl methyl sites for hydroxylation is 1. The van der Waals surface area contributed by atoms with Gasteiger partial charge in [0.25, 0.3) is 0 Å². The third-order valence-corrected chi connectivity index (χ3v) is 5.25. The lowest BCUT2D eigenvalue weighted by atomic mass is 10.2. The van der Waals surface area contributed by atoms with Crippen LogP contribution >= 0.6 is 0 Å². The summed E-state index contributed by atoms with van der Waals surface area (Å²) in [6, 6.07) is 8.88. The molecule has 0 spiro atoms. The van der Waals surface area contributed by atoms with E-state index in [1.807, 2.05) is 6.07 Å². The topological polar surface area (TPSA) is 79.4 Å². The van der Waals surface area contributed by atoms with Gasteiger partial charge in [0.15, 0.2) is 0 Å². The molecular formula is C17H20FN3O3S.